The maximum Gasteiger partial charge on any atom is 0.304 e. The van der Waals surface area contributed by atoms with E-state index >= 15 is 0 Å². The average Bonchev–Trinajstić information content (AvgIpc) is 3.19. The second kappa shape index (κ2) is 8.27. The lowest BCUT2D eigenvalue weighted by Gasteiger charge is -2.32. The molecule has 2 aromatic rings. The van der Waals surface area contributed by atoms with E-state index < -0.39 is 28.3 Å². The molecule has 0 radical (unpaired) electrons. The molecule has 9 nitrogen and oxygen atoms in total. The number of ether oxygens (including phenoxy) is 1. The fourth-order valence-electron chi connectivity index (χ4n) is 2.63. The minimum atomic E-state index is -4.10. The molecular formula is C17H19N3O6S2. The van der Waals surface area contributed by atoms with Crippen molar-refractivity contribution in [3.8, 4) is 5.75 Å². The van der Waals surface area contributed by atoms with E-state index in [0.29, 0.717) is 5.56 Å². The fraction of sp³-hybridized carbons (Fsp3) is 0.294. The van der Waals surface area contributed by atoms with Crippen LogP contribution in [0.1, 0.15) is 26.3 Å². The number of para-hydroxylation sites is 1. The van der Waals surface area contributed by atoms with Crippen molar-refractivity contribution >= 4 is 33.4 Å². The van der Waals surface area contributed by atoms with Crippen LogP contribution < -0.4 is 10.0 Å². The molecule has 2 heterocycles. The summed E-state index contributed by atoms with van der Waals surface area (Å²) < 4.78 is 33.4. The third-order valence-corrected chi connectivity index (χ3v) is 6.29. The van der Waals surface area contributed by atoms with Crippen LogP contribution in [-0.4, -0.2) is 55.6 Å². The van der Waals surface area contributed by atoms with Crippen LogP contribution in [0.2, 0.25) is 0 Å². The molecule has 1 aliphatic heterocycles. The summed E-state index contributed by atoms with van der Waals surface area (Å²) in [4.78, 5) is 24.4. The number of amides is 2. The van der Waals surface area contributed by atoms with Crippen molar-refractivity contribution < 1.29 is 27.9 Å². The molecular weight excluding hydrogens is 406 g/mol. The minimum absolute atomic E-state index is 0.0360. The van der Waals surface area contributed by atoms with Crippen LogP contribution in [0.5, 0.6) is 5.75 Å². The van der Waals surface area contributed by atoms with Crippen LogP contribution in [0.3, 0.4) is 0 Å². The predicted octanol–water partition coefficient (Wildman–Crippen LogP) is 0.825. The second-order valence-corrected chi connectivity index (χ2v) is 8.56. The molecule has 150 valence electrons. The summed E-state index contributed by atoms with van der Waals surface area (Å²) in [7, 11) is -4.10. The Morgan fingerprint density at radius 2 is 2.07 bits per heavy atom. The summed E-state index contributed by atoms with van der Waals surface area (Å²) in [5.74, 6) is -1.46. The highest BCUT2D eigenvalue weighted by molar-refractivity contribution is 7.87. The second-order valence-electron chi connectivity index (χ2n) is 6.11. The number of nitrogens with zero attached hydrogens (tertiary/aromatic N) is 1. The van der Waals surface area contributed by atoms with Crippen LogP contribution in [-0.2, 0) is 14.9 Å². The Morgan fingerprint density at radius 3 is 2.79 bits per heavy atom. The topological polar surface area (TPSA) is 125 Å². The minimum Gasteiger partial charge on any atom is -0.507 e. The Morgan fingerprint density at radius 1 is 1.29 bits per heavy atom. The number of hydrogen-bond donors (Lipinski definition) is 3. The van der Waals surface area contributed by atoms with Gasteiger partial charge in [0, 0.05) is 11.9 Å². The van der Waals surface area contributed by atoms with Crippen molar-refractivity contribution in [3.05, 3.63) is 51.7 Å². The molecule has 3 N–H and O–H groups in total. The number of hydrogen-bond acceptors (Lipinski definition) is 7. The molecule has 0 bridgehead atoms. The zero-order valence-corrected chi connectivity index (χ0v) is 16.5. The van der Waals surface area contributed by atoms with Crippen molar-refractivity contribution in [2.75, 3.05) is 19.7 Å². The molecule has 0 spiro atoms. The van der Waals surface area contributed by atoms with Gasteiger partial charge in [-0.2, -0.15) is 24.1 Å². The van der Waals surface area contributed by atoms with Crippen molar-refractivity contribution in [2.45, 2.75) is 13.2 Å². The van der Waals surface area contributed by atoms with Crippen LogP contribution in [0.25, 0.3) is 0 Å². The summed E-state index contributed by atoms with van der Waals surface area (Å²) in [6.07, 6.45) is -0.922. The van der Waals surface area contributed by atoms with Crippen molar-refractivity contribution in [2.24, 2.45) is 0 Å². The van der Waals surface area contributed by atoms with Gasteiger partial charge in [-0.05, 0) is 30.0 Å². The van der Waals surface area contributed by atoms with Gasteiger partial charge in [0.1, 0.15) is 12.0 Å². The predicted molar refractivity (Wildman–Crippen MR) is 102 cm³/mol. The van der Waals surface area contributed by atoms with E-state index in [1.807, 2.05) is 4.72 Å². The van der Waals surface area contributed by atoms with Gasteiger partial charge < -0.3 is 15.2 Å². The molecule has 1 atom stereocenters. The van der Waals surface area contributed by atoms with E-state index in [1.54, 1.807) is 29.8 Å². The Hall–Kier alpha value is -2.47. The largest absolute Gasteiger partial charge is 0.507 e. The number of thiophene rings is 1. The number of aryl methyl sites for hydroxylation is 1. The summed E-state index contributed by atoms with van der Waals surface area (Å²) in [6, 6.07) is 6.26. The van der Waals surface area contributed by atoms with Gasteiger partial charge in [0.2, 0.25) is 0 Å². The monoisotopic (exact) mass is 425 g/mol. The lowest BCUT2D eigenvalue weighted by Crippen LogP contribution is -2.55. The molecule has 0 saturated carbocycles. The summed E-state index contributed by atoms with van der Waals surface area (Å²) in [6.45, 7) is 1.56. The fourth-order valence-corrected chi connectivity index (χ4v) is 4.40. The highest BCUT2D eigenvalue weighted by Gasteiger charge is 2.32. The van der Waals surface area contributed by atoms with Crippen molar-refractivity contribution in [3.63, 3.8) is 0 Å². The van der Waals surface area contributed by atoms with E-state index in [2.05, 4.69) is 5.32 Å². The van der Waals surface area contributed by atoms with Crippen LogP contribution >= 0.6 is 11.3 Å². The van der Waals surface area contributed by atoms with Gasteiger partial charge in [0.15, 0.2) is 0 Å². The van der Waals surface area contributed by atoms with Gasteiger partial charge in [0.25, 0.3) is 11.8 Å². The first kappa shape index (κ1) is 20.3. The molecule has 1 fully saturated rings. The highest BCUT2D eigenvalue weighted by Crippen LogP contribution is 2.21. The maximum atomic E-state index is 12.5. The molecule has 1 aromatic carbocycles. The Kier molecular flexibility index (Phi) is 5.98. The van der Waals surface area contributed by atoms with Gasteiger partial charge in [-0.15, -0.1) is 0 Å². The number of benzene rings is 1. The number of carbonyl (C=O) groups is 2. The average molecular weight is 425 g/mol. The van der Waals surface area contributed by atoms with Crippen molar-refractivity contribution in [1.82, 2.24) is 14.3 Å². The van der Waals surface area contributed by atoms with Crippen LogP contribution in [0.4, 0.5) is 0 Å². The van der Waals surface area contributed by atoms with E-state index in [4.69, 9.17) is 4.74 Å². The number of phenols is 1. The van der Waals surface area contributed by atoms with Gasteiger partial charge in [-0.3, -0.25) is 9.59 Å². The van der Waals surface area contributed by atoms with E-state index in [1.165, 1.54) is 23.5 Å². The Labute approximate surface area is 166 Å². The molecule has 1 aliphatic rings. The molecule has 1 unspecified atom stereocenters. The van der Waals surface area contributed by atoms with Gasteiger partial charge in [-0.25, -0.2) is 4.72 Å². The van der Waals surface area contributed by atoms with E-state index in [-0.39, 0.29) is 36.6 Å². The standard InChI is InChI=1S/C17H19N3O6S2/c1-11-3-2-4-13(15(11)21)17(23)18-14-9-20(6-7-26-14)28(24,25)19-16(22)12-5-8-27-10-12/h2-5,8,10,14,21H,6-7,9H2,1H3,(H,18,23)(H,19,22). The molecule has 1 saturated heterocycles. The third-order valence-electron chi connectivity index (χ3n) is 4.15. The lowest BCUT2D eigenvalue weighted by atomic mass is 10.1. The quantitative estimate of drug-likeness (QED) is 0.652. The summed E-state index contributed by atoms with van der Waals surface area (Å²) in [5, 5.41) is 15.8. The smallest absolute Gasteiger partial charge is 0.304 e. The number of rotatable bonds is 5. The van der Waals surface area contributed by atoms with E-state index in [9.17, 15) is 23.1 Å². The number of carbonyl (C=O) groups excluding carboxylic acids is 2. The summed E-state index contributed by atoms with van der Waals surface area (Å²) >= 11 is 1.28. The number of morpholine rings is 1. The number of phenolic OH excluding ortho intramolecular Hbond substituents is 1. The zero-order valence-electron chi connectivity index (χ0n) is 14.9. The molecule has 28 heavy (non-hydrogen) atoms. The van der Waals surface area contributed by atoms with Crippen molar-refractivity contribution in [1.29, 1.82) is 0 Å². The zero-order chi connectivity index (χ0) is 20.3. The first-order valence-electron chi connectivity index (χ1n) is 8.33. The molecule has 2 amide bonds. The number of aromatic hydroxyl groups is 1. The normalized spacial score (nSPS) is 17.8. The Balaban J connectivity index is 1.65. The first-order valence-corrected chi connectivity index (χ1v) is 10.7. The first-order chi connectivity index (χ1) is 13.3. The van der Waals surface area contributed by atoms with Crippen LogP contribution in [0.15, 0.2) is 35.0 Å². The molecule has 1 aromatic heterocycles. The van der Waals surface area contributed by atoms with E-state index in [0.717, 1.165) is 4.31 Å². The van der Waals surface area contributed by atoms with Gasteiger partial charge >= 0.3 is 10.2 Å². The highest BCUT2D eigenvalue weighted by atomic mass is 32.2. The molecule has 11 heteroatoms. The SMILES string of the molecule is Cc1cccc(C(=O)NC2CN(S(=O)(=O)NC(=O)c3ccsc3)CCO2)c1O. The number of nitrogens with one attached hydrogen (secondary N) is 2. The molecule has 3 rings (SSSR count). The lowest BCUT2D eigenvalue weighted by molar-refractivity contribution is -0.0175. The maximum absolute atomic E-state index is 12.5. The van der Waals surface area contributed by atoms with Crippen LogP contribution in [0, 0.1) is 6.92 Å². The third kappa shape index (κ3) is 4.50. The van der Waals surface area contributed by atoms with Gasteiger partial charge in [-0.1, -0.05) is 12.1 Å². The Bertz CT molecular complexity index is 975. The van der Waals surface area contributed by atoms with Gasteiger partial charge in [0.05, 0.1) is 24.3 Å². The molecule has 0 aliphatic carbocycles. The summed E-state index contributed by atoms with van der Waals surface area (Å²) in [5.41, 5.74) is 0.855.